The third-order valence-corrected chi connectivity index (χ3v) is 3.07. The lowest BCUT2D eigenvalue weighted by atomic mass is 10.2. The van der Waals surface area contributed by atoms with Gasteiger partial charge in [-0.2, -0.15) is 0 Å². The van der Waals surface area contributed by atoms with Gasteiger partial charge in [0.25, 0.3) is 5.91 Å². The van der Waals surface area contributed by atoms with E-state index >= 15 is 0 Å². The molecule has 1 amide bonds. The molecular weight excluding hydrogens is 294 g/mol. The van der Waals surface area contributed by atoms with Gasteiger partial charge >= 0.3 is 0 Å². The Morgan fingerprint density at radius 3 is 2.24 bits per heavy atom. The summed E-state index contributed by atoms with van der Waals surface area (Å²) < 4.78 is 24.4. The highest BCUT2D eigenvalue weighted by molar-refractivity contribution is 7.92. The van der Waals surface area contributed by atoms with E-state index in [4.69, 9.17) is 0 Å². The summed E-state index contributed by atoms with van der Waals surface area (Å²) in [7, 11) is -3.34. The number of rotatable bonds is 4. The second-order valence-electron chi connectivity index (χ2n) is 4.33. The summed E-state index contributed by atoms with van der Waals surface area (Å²) in [6.45, 7) is 0. The average Bonchev–Trinajstić information content (AvgIpc) is 2.39. The summed E-state index contributed by atoms with van der Waals surface area (Å²) in [5, 5.41) is 2.59. The van der Waals surface area contributed by atoms with E-state index < -0.39 is 15.9 Å². The number of carbonyl (C=O) groups excluding carboxylic acids is 1. The van der Waals surface area contributed by atoms with Crippen LogP contribution in [0.2, 0.25) is 0 Å². The summed E-state index contributed by atoms with van der Waals surface area (Å²) in [6.07, 6.45) is 1.05. The minimum absolute atomic E-state index is 0.140. The number of H-pyrrole nitrogens is 1. The number of nitrogens with one attached hydrogen (secondary N) is 3. The van der Waals surface area contributed by atoms with Crippen LogP contribution < -0.4 is 15.6 Å². The Morgan fingerprint density at radius 1 is 1.05 bits per heavy atom. The Kier molecular flexibility index (Phi) is 4.08. The van der Waals surface area contributed by atoms with Crippen LogP contribution in [0.1, 0.15) is 10.5 Å². The third kappa shape index (κ3) is 4.46. The second kappa shape index (κ2) is 5.80. The zero-order chi connectivity index (χ0) is 15.5. The topological polar surface area (TPSA) is 108 Å². The number of sulfonamides is 1. The lowest BCUT2D eigenvalue weighted by molar-refractivity contribution is 0.102. The van der Waals surface area contributed by atoms with Gasteiger partial charge in [-0.1, -0.05) is 6.07 Å². The van der Waals surface area contributed by atoms with Crippen molar-refractivity contribution in [3.8, 4) is 0 Å². The van der Waals surface area contributed by atoms with Crippen molar-refractivity contribution in [3.05, 3.63) is 58.5 Å². The Labute approximate surface area is 121 Å². The van der Waals surface area contributed by atoms with Gasteiger partial charge in [-0.3, -0.25) is 14.3 Å². The number of hydrogen-bond donors (Lipinski definition) is 3. The van der Waals surface area contributed by atoms with Crippen molar-refractivity contribution in [2.24, 2.45) is 0 Å². The van der Waals surface area contributed by atoms with Crippen molar-refractivity contribution in [3.63, 3.8) is 0 Å². The van der Waals surface area contributed by atoms with E-state index in [2.05, 4.69) is 15.0 Å². The summed E-state index contributed by atoms with van der Waals surface area (Å²) in [5.74, 6) is -0.462. The highest BCUT2D eigenvalue weighted by atomic mass is 32.2. The Balaban J connectivity index is 2.10. The number of hydrogen-bond acceptors (Lipinski definition) is 4. The van der Waals surface area contributed by atoms with Crippen molar-refractivity contribution < 1.29 is 13.2 Å². The molecule has 0 saturated carbocycles. The van der Waals surface area contributed by atoms with Gasteiger partial charge in [0.05, 0.1) is 6.26 Å². The maximum absolute atomic E-state index is 11.9. The summed E-state index contributed by atoms with van der Waals surface area (Å²) in [6, 6.07) is 10.4. The maximum Gasteiger partial charge on any atom is 0.272 e. The van der Waals surface area contributed by atoms with Crippen molar-refractivity contribution in [1.82, 2.24) is 4.98 Å². The standard InChI is InChI=1S/C13H13N3O4S/c1-21(19,20)16-10-7-5-9(6-8-10)14-13(18)11-3-2-4-12(17)15-11/h2-8,16H,1H3,(H,14,18)(H,15,17). The fraction of sp³-hybridized carbons (Fsp3) is 0.0769. The fourth-order valence-corrected chi connectivity index (χ4v) is 2.18. The van der Waals surface area contributed by atoms with Gasteiger partial charge in [0, 0.05) is 17.4 Å². The van der Waals surface area contributed by atoms with Gasteiger partial charge in [0.2, 0.25) is 15.6 Å². The first-order valence-corrected chi connectivity index (χ1v) is 7.81. The molecule has 110 valence electrons. The maximum atomic E-state index is 11.9. The molecule has 2 aromatic rings. The van der Waals surface area contributed by atoms with Crippen molar-refractivity contribution >= 4 is 27.3 Å². The minimum Gasteiger partial charge on any atom is -0.321 e. The smallest absolute Gasteiger partial charge is 0.272 e. The molecule has 21 heavy (non-hydrogen) atoms. The van der Waals surface area contributed by atoms with E-state index in [0.717, 1.165) is 6.26 Å². The summed E-state index contributed by atoms with van der Waals surface area (Å²) in [4.78, 5) is 25.4. The minimum atomic E-state index is -3.34. The van der Waals surface area contributed by atoms with Crippen LogP contribution in [0.4, 0.5) is 11.4 Å². The second-order valence-corrected chi connectivity index (χ2v) is 6.08. The number of amides is 1. The van der Waals surface area contributed by atoms with Gasteiger partial charge in [-0.25, -0.2) is 8.42 Å². The van der Waals surface area contributed by atoms with Gasteiger partial charge < -0.3 is 10.3 Å². The summed E-state index contributed by atoms with van der Waals surface area (Å²) in [5.41, 5.74) is 0.642. The number of carbonyl (C=O) groups is 1. The molecule has 1 aromatic heterocycles. The van der Waals surface area contributed by atoms with E-state index in [0.29, 0.717) is 11.4 Å². The van der Waals surface area contributed by atoms with Crippen LogP contribution in [0, 0.1) is 0 Å². The van der Waals surface area contributed by atoms with E-state index in [9.17, 15) is 18.0 Å². The lowest BCUT2D eigenvalue weighted by Gasteiger charge is -2.07. The Bertz CT molecular complexity index is 810. The van der Waals surface area contributed by atoms with Gasteiger partial charge in [0.15, 0.2) is 0 Å². The monoisotopic (exact) mass is 307 g/mol. The highest BCUT2D eigenvalue weighted by Crippen LogP contribution is 2.15. The number of aromatic amines is 1. The fourth-order valence-electron chi connectivity index (χ4n) is 1.61. The molecule has 0 radical (unpaired) electrons. The SMILES string of the molecule is CS(=O)(=O)Nc1ccc(NC(=O)c2cccc(=O)[nH]2)cc1. The molecule has 0 spiro atoms. The van der Waals surface area contributed by atoms with E-state index in [-0.39, 0.29) is 11.3 Å². The van der Waals surface area contributed by atoms with Crippen LogP contribution in [0.5, 0.6) is 0 Å². The highest BCUT2D eigenvalue weighted by Gasteiger charge is 2.07. The van der Waals surface area contributed by atoms with E-state index in [1.165, 1.54) is 30.3 Å². The summed E-state index contributed by atoms with van der Waals surface area (Å²) >= 11 is 0. The molecule has 0 unspecified atom stereocenters. The Hall–Kier alpha value is -2.61. The molecule has 7 nitrogen and oxygen atoms in total. The lowest BCUT2D eigenvalue weighted by Crippen LogP contribution is -2.17. The van der Waals surface area contributed by atoms with E-state index in [1.54, 1.807) is 12.1 Å². The number of aromatic nitrogens is 1. The molecule has 0 bridgehead atoms. The molecule has 0 fully saturated rings. The van der Waals surface area contributed by atoms with Crippen LogP contribution >= 0.6 is 0 Å². The van der Waals surface area contributed by atoms with Gasteiger partial charge in [-0.15, -0.1) is 0 Å². The molecular formula is C13H13N3O4S. The molecule has 8 heteroatoms. The zero-order valence-electron chi connectivity index (χ0n) is 11.1. The van der Waals surface area contributed by atoms with Crippen molar-refractivity contribution in [1.29, 1.82) is 0 Å². The molecule has 0 atom stereocenters. The number of anilines is 2. The van der Waals surface area contributed by atoms with Gasteiger partial charge in [0.1, 0.15) is 5.69 Å². The van der Waals surface area contributed by atoms with E-state index in [1.807, 2.05) is 0 Å². The predicted molar refractivity (Wildman–Crippen MR) is 79.9 cm³/mol. The molecule has 0 aliphatic carbocycles. The molecule has 0 saturated heterocycles. The van der Waals surface area contributed by atoms with Crippen LogP contribution in [-0.4, -0.2) is 25.6 Å². The first kappa shape index (κ1) is 14.8. The van der Waals surface area contributed by atoms with Crippen LogP contribution in [-0.2, 0) is 10.0 Å². The Morgan fingerprint density at radius 2 is 1.67 bits per heavy atom. The first-order chi connectivity index (χ1) is 9.83. The number of pyridine rings is 1. The third-order valence-electron chi connectivity index (χ3n) is 2.46. The van der Waals surface area contributed by atoms with Crippen molar-refractivity contribution in [2.45, 2.75) is 0 Å². The molecule has 3 N–H and O–H groups in total. The normalized spacial score (nSPS) is 10.9. The number of benzene rings is 1. The van der Waals surface area contributed by atoms with Crippen LogP contribution in [0.25, 0.3) is 0 Å². The van der Waals surface area contributed by atoms with Crippen LogP contribution in [0.3, 0.4) is 0 Å². The zero-order valence-corrected chi connectivity index (χ0v) is 11.9. The molecule has 0 aliphatic rings. The molecule has 1 aromatic carbocycles. The van der Waals surface area contributed by atoms with Gasteiger partial charge in [-0.05, 0) is 30.3 Å². The van der Waals surface area contributed by atoms with Crippen molar-refractivity contribution in [2.75, 3.05) is 16.3 Å². The largest absolute Gasteiger partial charge is 0.321 e. The predicted octanol–water partition coefficient (Wildman–Crippen LogP) is 0.999. The molecule has 0 aliphatic heterocycles. The quantitative estimate of drug-likeness (QED) is 0.783. The molecule has 2 rings (SSSR count). The molecule has 1 heterocycles. The van der Waals surface area contributed by atoms with Crippen LogP contribution in [0.15, 0.2) is 47.3 Å². The first-order valence-electron chi connectivity index (χ1n) is 5.92. The average molecular weight is 307 g/mol.